The van der Waals surface area contributed by atoms with Gasteiger partial charge in [-0.25, -0.2) is 4.79 Å². The molecule has 7 nitrogen and oxygen atoms in total. The minimum absolute atomic E-state index is 0.0589. The molecule has 0 fully saturated rings. The first-order valence-electron chi connectivity index (χ1n) is 11.4. The van der Waals surface area contributed by atoms with E-state index in [1.165, 1.54) is 23.1 Å². The van der Waals surface area contributed by atoms with E-state index in [-0.39, 0.29) is 13.0 Å². The van der Waals surface area contributed by atoms with Gasteiger partial charge in [-0.05, 0) is 75.8 Å². The summed E-state index contributed by atoms with van der Waals surface area (Å²) in [6.45, 7) is 7.03. The van der Waals surface area contributed by atoms with Crippen LogP contribution < -0.4 is 4.18 Å². The van der Waals surface area contributed by atoms with E-state index < -0.39 is 45.2 Å². The lowest BCUT2D eigenvalue weighted by Crippen LogP contribution is -2.47. The van der Waals surface area contributed by atoms with Gasteiger partial charge in [-0.3, -0.25) is 0 Å². The van der Waals surface area contributed by atoms with Crippen molar-refractivity contribution in [1.29, 1.82) is 0 Å². The van der Waals surface area contributed by atoms with Gasteiger partial charge in [0.25, 0.3) is 0 Å². The molecule has 1 unspecified atom stereocenters. The zero-order valence-corrected chi connectivity index (χ0v) is 21.3. The summed E-state index contributed by atoms with van der Waals surface area (Å²) in [6, 6.07) is 10.7. The van der Waals surface area contributed by atoms with Gasteiger partial charge in [0.05, 0.1) is 12.6 Å². The van der Waals surface area contributed by atoms with Gasteiger partial charge in [0.2, 0.25) is 0 Å². The molecule has 0 radical (unpaired) electrons. The van der Waals surface area contributed by atoms with Crippen molar-refractivity contribution in [2.24, 2.45) is 0 Å². The summed E-state index contributed by atoms with van der Waals surface area (Å²) in [4.78, 5) is 14.5. The fourth-order valence-electron chi connectivity index (χ4n) is 3.98. The Balaban J connectivity index is 1.86. The van der Waals surface area contributed by atoms with E-state index in [1.807, 2.05) is 19.1 Å². The molecule has 1 amide bonds. The molecule has 0 aliphatic heterocycles. The molecule has 0 bridgehead atoms. The zero-order valence-electron chi connectivity index (χ0n) is 20.5. The topological polar surface area (TPSA) is 93.1 Å². The lowest BCUT2D eigenvalue weighted by molar-refractivity contribution is -0.0500. The number of ether oxygens (including phenoxy) is 1. The van der Waals surface area contributed by atoms with Crippen molar-refractivity contribution in [3.8, 4) is 5.75 Å². The number of fused-ring (bicyclic) bond motifs is 1. The number of nitrogens with zero attached hydrogens (tertiary/aromatic N) is 1. The Morgan fingerprint density at radius 1 is 1.11 bits per heavy atom. The molecular weight excluding hydrogens is 499 g/mol. The number of aliphatic hydroxyl groups excluding tert-OH is 1. The number of aryl methyl sites for hydroxylation is 2. The first-order chi connectivity index (χ1) is 16.6. The molecule has 2 aromatic carbocycles. The van der Waals surface area contributed by atoms with E-state index >= 15 is 0 Å². The minimum Gasteiger partial charge on any atom is -0.444 e. The largest absolute Gasteiger partial charge is 0.534 e. The smallest absolute Gasteiger partial charge is 0.444 e. The highest BCUT2D eigenvalue weighted by molar-refractivity contribution is 7.88. The van der Waals surface area contributed by atoms with Crippen LogP contribution in [0.25, 0.3) is 0 Å². The number of carbonyl (C=O) groups is 1. The Morgan fingerprint density at radius 3 is 2.33 bits per heavy atom. The fourth-order valence-corrected chi connectivity index (χ4v) is 4.43. The van der Waals surface area contributed by atoms with Gasteiger partial charge in [0, 0.05) is 6.04 Å². The Morgan fingerprint density at radius 2 is 1.75 bits per heavy atom. The van der Waals surface area contributed by atoms with Gasteiger partial charge < -0.3 is 18.9 Å². The van der Waals surface area contributed by atoms with Gasteiger partial charge in [0.15, 0.2) is 0 Å². The van der Waals surface area contributed by atoms with Gasteiger partial charge >= 0.3 is 21.7 Å². The Bertz CT molecular complexity index is 1190. The normalized spacial score (nSPS) is 17.2. The third-order valence-corrected chi connectivity index (χ3v) is 6.75. The van der Waals surface area contributed by atoms with Crippen LogP contribution in [0.1, 0.15) is 55.5 Å². The molecule has 0 aromatic heterocycles. The Labute approximate surface area is 209 Å². The molecule has 11 heteroatoms. The van der Waals surface area contributed by atoms with Crippen molar-refractivity contribution in [2.75, 3.05) is 6.54 Å². The number of alkyl halides is 3. The summed E-state index contributed by atoms with van der Waals surface area (Å²) in [5.74, 6) is -0.463. The number of carbonyl (C=O) groups excluding carboxylic acids is 1. The number of rotatable bonds is 6. The summed E-state index contributed by atoms with van der Waals surface area (Å²) in [5, 5.41) is 10.9. The average Bonchev–Trinajstić information content (AvgIpc) is 2.75. The maximum atomic E-state index is 13.1. The quantitative estimate of drug-likeness (QED) is 0.416. The summed E-state index contributed by atoms with van der Waals surface area (Å²) in [7, 11) is -5.81. The maximum Gasteiger partial charge on any atom is 0.534 e. The molecule has 1 aliphatic carbocycles. The zero-order chi connectivity index (χ0) is 26.9. The minimum atomic E-state index is -5.81. The van der Waals surface area contributed by atoms with Crippen LogP contribution in [0.2, 0.25) is 0 Å². The number of benzene rings is 2. The standard InChI is InChI=1S/C25H30F3NO6S/c1-16-5-7-18(8-6-16)22(30)15-29(23(31)34-24(2,3)4)20-11-9-17-10-12-21(14-19(17)13-20)35-36(32,33)25(26,27)28/h5-8,10,12,14,20,22,30H,9,11,13,15H2,1-4H3/t20?,22-/m0/s1. The first kappa shape index (κ1) is 27.8. The number of aliphatic hydroxyl groups is 1. The monoisotopic (exact) mass is 529 g/mol. The third-order valence-electron chi connectivity index (χ3n) is 5.77. The summed E-state index contributed by atoms with van der Waals surface area (Å²) < 4.78 is 70.9. The second kappa shape index (κ2) is 10.3. The maximum absolute atomic E-state index is 13.1. The SMILES string of the molecule is Cc1ccc([C@@H](O)CN(C(=O)OC(C)(C)C)C2CCc3ccc(OS(=O)(=O)C(F)(F)F)cc3C2)cc1. The molecule has 0 spiro atoms. The van der Waals surface area contributed by atoms with Crippen LogP contribution >= 0.6 is 0 Å². The highest BCUT2D eigenvalue weighted by Crippen LogP contribution is 2.32. The number of hydrogen-bond donors (Lipinski definition) is 1. The van der Waals surface area contributed by atoms with E-state index in [0.29, 0.717) is 24.0 Å². The lowest BCUT2D eigenvalue weighted by atomic mass is 9.87. The molecule has 0 heterocycles. The van der Waals surface area contributed by atoms with E-state index in [4.69, 9.17) is 4.74 Å². The summed E-state index contributed by atoms with van der Waals surface area (Å²) in [6.07, 6.45) is -0.390. The van der Waals surface area contributed by atoms with E-state index in [1.54, 1.807) is 32.9 Å². The molecule has 2 aromatic rings. The predicted molar refractivity (Wildman–Crippen MR) is 127 cm³/mol. The summed E-state index contributed by atoms with van der Waals surface area (Å²) in [5.41, 5.74) is -3.33. The van der Waals surface area contributed by atoms with Crippen LogP contribution in [0.15, 0.2) is 42.5 Å². The number of amides is 1. The molecule has 36 heavy (non-hydrogen) atoms. The lowest BCUT2D eigenvalue weighted by Gasteiger charge is -2.37. The second-order valence-electron chi connectivity index (χ2n) is 9.87. The molecule has 1 aliphatic rings. The van der Waals surface area contributed by atoms with E-state index in [2.05, 4.69) is 4.18 Å². The van der Waals surface area contributed by atoms with Gasteiger partial charge in [0.1, 0.15) is 11.4 Å². The van der Waals surface area contributed by atoms with Crippen LogP contribution in [0.3, 0.4) is 0 Å². The molecule has 198 valence electrons. The van der Waals surface area contributed by atoms with Crippen LogP contribution in [-0.4, -0.2) is 48.2 Å². The number of hydrogen-bond acceptors (Lipinski definition) is 6. The fraction of sp³-hybridized carbons (Fsp3) is 0.480. The van der Waals surface area contributed by atoms with Crippen molar-refractivity contribution in [1.82, 2.24) is 4.90 Å². The van der Waals surface area contributed by atoms with Crippen LogP contribution in [0, 0.1) is 6.92 Å². The molecule has 2 atom stereocenters. The predicted octanol–water partition coefficient (Wildman–Crippen LogP) is 5.05. The van der Waals surface area contributed by atoms with E-state index in [9.17, 15) is 31.5 Å². The first-order valence-corrected chi connectivity index (χ1v) is 12.8. The van der Waals surface area contributed by atoms with Gasteiger partial charge in [-0.2, -0.15) is 21.6 Å². The van der Waals surface area contributed by atoms with Crippen molar-refractivity contribution < 1.29 is 40.4 Å². The molecule has 1 N–H and O–H groups in total. The van der Waals surface area contributed by atoms with E-state index in [0.717, 1.165) is 11.1 Å². The number of halogens is 3. The molecular formula is C25H30F3NO6S. The highest BCUT2D eigenvalue weighted by atomic mass is 32.2. The summed E-state index contributed by atoms with van der Waals surface area (Å²) >= 11 is 0. The van der Waals surface area contributed by atoms with Gasteiger partial charge in [-0.1, -0.05) is 35.9 Å². The second-order valence-corrected chi connectivity index (χ2v) is 11.4. The van der Waals surface area contributed by atoms with Crippen molar-refractivity contribution >= 4 is 16.2 Å². The van der Waals surface area contributed by atoms with Crippen molar-refractivity contribution in [2.45, 2.75) is 70.2 Å². The van der Waals surface area contributed by atoms with Gasteiger partial charge in [-0.15, -0.1) is 0 Å². The third kappa shape index (κ3) is 6.91. The molecule has 0 saturated heterocycles. The van der Waals surface area contributed by atoms with Crippen molar-refractivity contribution in [3.05, 3.63) is 64.7 Å². The van der Waals surface area contributed by atoms with Crippen LogP contribution in [0.4, 0.5) is 18.0 Å². The molecule has 0 saturated carbocycles. The molecule has 3 rings (SSSR count). The van der Waals surface area contributed by atoms with Crippen LogP contribution in [-0.2, 0) is 27.7 Å². The van der Waals surface area contributed by atoms with Crippen LogP contribution in [0.5, 0.6) is 5.75 Å². The average molecular weight is 530 g/mol. The highest BCUT2D eigenvalue weighted by Gasteiger charge is 2.48. The Hall–Kier alpha value is -2.79. The Kier molecular flexibility index (Phi) is 7.95. The van der Waals surface area contributed by atoms with Crippen molar-refractivity contribution in [3.63, 3.8) is 0 Å².